The van der Waals surface area contributed by atoms with Gasteiger partial charge in [-0.1, -0.05) is 19.9 Å². The van der Waals surface area contributed by atoms with E-state index in [9.17, 15) is 4.39 Å². The molecular weight excluding hydrogens is 255 g/mol. The predicted octanol–water partition coefficient (Wildman–Crippen LogP) is 2.80. The maximum Gasteiger partial charge on any atom is 0.152 e. The molecule has 20 heavy (non-hydrogen) atoms. The Hall–Kier alpha value is -1.75. The number of hydrogen-bond donors (Lipinski definition) is 1. The largest absolute Gasteiger partial charge is 0.319 e. The molecule has 1 heterocycles. The summed E-state index contributed by atoms with van der Waals surface area (Å²) in [4.78, 5) is 4.53. The van der Waals surface area contributed by atoms with Gasteiger partial charge in [0.15, 0.2) is 11.6 Å². The fourth-order valence-corrected chi connectivity index (χ4v) is 2.01. The number of halogens is 1. The van der Waals surface area contributed by atoms with Crippen LogP contribution >= 0.6 is 0 Å². The lowest BCUT2D eigenvalue weighted by molar-refractivity contribution is 0.496. The van der Waals surface area contributed by atoms with Crippen LogP contribution in [0.4, 0.5) is 4.39 Å². The molecule has 0 fully saturated rings. The molecule has 0 amide bonds. The molecule has 0 radical (unpaired) electrons. The van der Waals surface area contributed by atoms with E-state index < -0.39 is 5.54 Å². The first-order valence-electron chi connectivity index (χ1n) is 6.78. The predicted molar refractivity (Wildman–Crippen MR) is 77.1 cm³/mol. The summed E-state index contributed by atoms with van der Waals surface area (Å²) in [5.41, 5.74) is 6.16. The summed E-state index contributed by atoms with van der Waals surface area (Å²) >= 11 is 0. The number of hydrogen-bond acceptors (Lipinski definition) is 3. The second kappa shape index (κ2) is 5.32. The fraction of sp³-hybridized carbons (Fsp3) is 0.467. The van der Waals surface area contributed by atoms with Crippen LogP contribution in [0.5, 0.6) is 0 Å². The van der Waals surface area contributed by atoms with Crippen molar-refractivity contribution in [3.05, 3.63) is 41.7 Å². The molecule has 1 aromatic heterocycles. The Balaban J connectivity index is 2.53. The first-order valence-corrected chi connectivity index (χ1v) is 6.78. The molecule has 2 N–H and O–H groups in total. The van der Waals surface area contributed by atoms with E-state index in [1.807, 2.05) is 13.8 Å². The topological polar surface area (TPSA) is 56.7 Å². The molecule has 0 aliphatic carbocycles. The van der Waals surface area contributed by atoms with Crippen molar-refractivity contribution in [1.82, 2.24) is 14.8 Å². The van der Waals surface area contributed by atoms with Crippen molar-refractivity contribution in [2.75, 3.05) is 0 Å². The highest BCUT2D eigenvalue weighted by Gasteiger charge is 2.24. The number of aromatic nitrogens is 3. The maximum absolute atomic E-state index is 13.4. The Labute approximate surface area is 118 Å². The van der Waals surface area contributed by atoms with Gasteiger partial charge in [0.05, 0.1) is 11.2 Å². The Morgan fingerprint density at radius 3 is 2.60 bits per heavy atom. The quantitative estimate of drug-likeness (QED) is 0.934. The molecule has 0 aliphatic rings. The van der Waals surface area contributed by atoms with Gasteiger partial charge in [-0.25, -0.2) is 14.1 Å². The van der Waals surface area contributed by atoms with E-state index in [0.29, 0.717) is 17.4 Å². The lowest BCUT2D eigenvalue weighted by atomic mass is 10.1. The van der Waals surface area contributed by atoms with Gasteiger partial charge < -0.3 is 5.73 Å². The Kier molecular flexibility index (Phi) is 3.90. The molecule has 108 valence electrons. The summed E-state index contributed by atoms with van der Waals surface area (Å²) in [6, 6.07) is 6.29. The van der Waals surface area contributed by atoms with Crippen molar-refractivity contribution in [2.24, 2.45) is 11.7 Å². The summed E-state index contributed by atoms with van der Waals surface area (Å²) in [6.45, 7) is 7.95. The van der Waals surface area contributed by atoms with Crippen LogP contribution in [-0.4, -0.2) is 14.8 Å². The van der Waals surface area contributed by atoms with Crippen molar-refractivity contribution in [1.29, 1.82) is 0 Å². The lowest BCUT2D eigenvalue weighted by Crippen LogP contribution is -2.32. The van der Waals surface area contributed by atoms with Crippen molar-refractivity contribution < 1.29 is 4.39 Å². The highest BCUT2D eigenvalue weighted by Crippen LogP contribution is 2.20. The van der Waals surface area contributed by atoms with Crippen LogP contribution in [0.1, 0.15) is 39.3 Å². The van der Waals surface area contributed by atoms with Gasteiger partial charge in [-0.15, -0.1) is 0 Å². The van der Waals surface area contributed by atoms with Crippen molar-refractivity contribution in [3.8, 4) is 5.69 Å². The molecular formula is C15H21FN4. The molecule has 0 spiro atoms. The second-order valence-corrected chi connectivity index (χ2v) is 6.06. The van der Waals surface area contributed by atoms with Crippen LogP contribution in [0.15, 0.2) is 24.3 Å². The minimum atomic E-state index is -0.644. The molecule has 2 rings (SSSR count). The standard InChI is InChI=1S/C15H21FN4/c1-10(2)8-13-18-14(15(3,4)17)20(19-13)12-7-5-6-11(16)9-12/h5-7,9-10H,8,17H2,1-4H3. The van der Waals surface area contributed by atoms with Gasteiger partial charge in [0, 0.05) is 6.42 Å². The van der Waals surface area contributed by atoms with Crippen LogP contribution in [0.3, 0.4) is 0 Å². The summed E-state index contributed by atoms with van der Waals surface area (Å²) in [6.07, 6.45) is 0.769. The first-order chi connectivity index (χ1) is 9.27. The average molecular weight is 276 g/mol. The first kappa shape index (κ1) is 14.7. The van der Waals surface area contributed by atoms with Crippen LogP contribution < -0.4 is 5.73 Å². The summed E-state index contributed by atoms with van der Waals surface area (Å²) in [7, 11) is 0. The second-order valence-electron chi connectivity index (χ2n) is 6.06. The van der Waals surface area contributed by atoms with E-state index in [-0.39, 0.29) is 5.82 Å². The van der Waals surface area contributed by atoms with Crippen molar-refractivity contribution >= 4 is 0 Å². The third-order valence-electron chi connectivity index (χ3n) is 2.87. The summed E-state index contributed by atoms with van der Waals surface area (Å²) in [5.74, 6) is 1.52. The third-order valence-corrected chi connectivity index (χ3v) is 2.87. The summed E-state index contributed by atoms with van der Waals surface area (Å²) in [5, 5.41) is 4.49. The molecule has 5 heteroatoms. The molecule has 1 aromatic carbocycles. The Morgan fingerprint density at radius 2 is 2.05 bits per heavy atom. The molecule has 4 nitrogen and oxygen atoms in total. The minimum absolute atomic E-state index is 0.302. The number of rotatable bonds is 4. The zero-order valence-electron chi connectivity index (χ0n) is 12.4. The van der Waals surface area contributed by atoms with E-state index >= 15 is 0 Å². The van der Waals surface area contributed by atoms with Gasteiger partial charge >= 0.3 is 0 Å². The van der Waals surface area contributed by atoms with Crippen molar-refractivity contribution in [3.63, 3.8) is 0 Å². The normalized spacial score (nSPS) is 12.2. The van der Waals surface area contributed by atoms with Crippen molar-refractivity contribution in [2.45, 2.75) is 39.7 Å². The highest BCUT2D eigenvalue weighted by molar-refractivity contribution is 5.33. The number of nitrogens with zero attached hydrogens (tertiary/aromatic N) is 3. The van der Waals surface area contributed by atoms with Gasteiger partial charge in [-0.05, 0) is 38.0 Å². The van der Waals surface area contributed by atoms with Crippen LogP contribution in [0.2, 0.25) is 0 Å². The Morgan fingerprint density at radius 1 is 1.35 bits per heavy atom. The van der Waals surface area contributed by atoms with Crippen LogP contribution in [0.25, 0.3) is 5.69 Å². The molecule has 0 bridgehead atoms. The number of nitrogens with two attached hydrogens (primary N) is 1. The van der Waals surface area contributed by atoms with E-state index in [1.165, 1.54) is 12.1 Å². The van der Waals surface area contributed by atoms with E-state index in [4.69, 9.17) is 5.73 Å². The van der Waals surface area contributed by atoms with Gasteiger partial charge in [0.1, 0.15) is 5.82 Å². The molecule has 0 unspecified atom stereocenters. The molecule has 2 aromatic rings. The van der Waals surface area contributed by atoms with E-state index in [2.05, 4.69) is 23.9 Å². The lowest BCUT2D eigenvalue weighted by Gasteiger charge is -2.18. The summed E-state index contributed by atoms with van der Waals surface area (Å²) < 4.78 is 15.0. The van der Waals surface area contributed by atoms with E-state index in [0.717, 1.165) is 12.2 Å². The zero-order valence-corrected chi connectivity index (χ0v) is 12.4. The monoisotopic (exact) mass is 276 g/mol. The maximum atomic E-state index is 13.4. The van der Waals surface area contributed by atoms with Crippen LogP contribution in [-0.2, 0) is 12.0 Å². The molecule has 0 atom stereocenters. The smallest absolute Gasteiger partial charge is 0.152 e. The van der Waals surface area contributed by atoms with Gasteiger partial charge in [-0.3, -0.25) is 0 Å². The minimum Gasteiger partial charge on any atom is -0.319 e. The van der Waals surface area contributed by atoms with Gasteiger partial charge in [0.2, 0.25) is 0 Å². The Bertz CT molecular complexity index is 596. The fourth-order valence-electron chi connectivity index (χ4n) is 2.01. The number of benzene rings is 1. The molecule has 0 saturated carbocycles. The van der Waals surface area contributed by atoms with Crippen LogP contribution in [0, 0.1) is 11.7 Å². The average Bonchev–Trinajstić information content (AvgIpc) is 2.71. The molecule has 0 aliphatic heterocycles. The SMILES string of the molecule is CC(C)Cc1nc(C(C)(C)N)n(-c2cccc(F)c2)n1. The third kappa shape index (κ3) is 3.22. The zero-order chi connectivity index (χ0) is 14.9. The molecule has 0 saturated heterocycles. The van der Waals surface area contributed by atoms with Gasteiger partial charge in [-0.2, -0.15) is 5.10 Å². The van der Waals surface area contributed by atoms with Gasteiger partial charge in [0.25, 0.3) is 0 Å². The van der Waals surface area contributed by atoms with E-state index in [1.54, 1.807) is 16.8 Å². The highest BCUT2D eigenvalue weighted by atomic mass is 19.1.